The number of unbranched alkanes of at least 4 members (excludes halogenated alkanes) is 1. The van der Waals surface area contributed by atoms with Crippen LogP contribution in [0.15, 0.2) is 12.7 Å². The number of hydrogen-bond donors (Lipinski definition) is 3. The van der Waals surface area contributed by atoms with E-state index in [1.807, 2.05) is 6.92 Å². The molecule has 0 aromatic carbocycles. The first-order valence-corrected chi connectivity index (χ1v) is 7.12. The SMILES string of the molecule is C=CC(CCCC)C(CC(=O)O)(C(=O)O)S(=O)(=O)O. The molecular formula is C11H18O7S. The summed E-state index contributed by atoms with van der Waals surface area (Å²) >= 11 is 0. The highest BCUT2D eigenvalue weighted by molar-refractivity contribution is 7.88. The normalized spacial score (nSPS) is 16.3. The number of aliphatic carboxylic acids is 2. The van der Waals surface area contributed by atoms with E-state index in [2.05, 4.69) is 6.58 Å². The molecule has 8 heteroatoms. The van der Waals surface area contributed by atoms with Crippen LogP contribution in [-0.4, -0.2) is 39.9 Å². The van der Waals surface area contributed by atoms with E-state index in [1.54, 1.807) is 0 Å². The Morgan fingerprint density at radius 1 is 1.37 bits per heavy atom. The lowest BCUT2D eigenvalue weighted by Crippen LogP contribution is -2.53. The Balaban J connectivity index is 5.88. The minimum absolute atomic E-state index is 0.110. The van der Waals surface area contributed by atoms with E-state index >= 15 is 0 Å². The van der Waals surface area contributed by atoms with Gasteiger partial charge in [0.1, 0.15) is 0 Å². The third kappa shape index (κ3) is 3.77. The topological polar surface area (TPSA) is 129 Å². The predicted molar refractivity (Wildman–Crippen MR) is 67.4 cm³/mol. The number of carboxylic acids is 2. The van der Waals surface area contributed by atoms with Crippen LogP contribution in [0.5, 0.6) is 0 Å². The molecule has 19 heavy (non-hydrogen) atoms. The van der Waals surface area contributed by atoms with E-state index in [4.69, 9.17) is 10.2 Å². The second kappa shape index (κ2) is 6.67. The molecule has 7 nitrogen and oxygen atoms in total. The van der Waals surface area contributed by atoms with Gasteiger partial charge in [0.15, 0.2) is 0 Å². The zero-order valence-electron chi connectivity index (χ0n) is 10.6. The van der Waals surface area contributed by atoms with Crippen LogP contribution in [0.2, 0.25) is 0 Å². The van der Waals surface area contributed by atoms with Gasteiger partial charge < -0.3 is 10.2 Å². The molecule has 2 atom stereocenters. The molecule has 110 valence electrons. The van der Waals surface area contributed by atoms with Gasteiger partial charge in [-0.3, -0.25) is 14.1 Å². The molecule has 0 aliphatic rings. The number of carboxylic acid groups (broad SMARTS) is 2. The van der Waals surface area contributed by atoms with Gasteiger partial charge in [-0.2, -0.15) is 8.42 Å². The van der Waals surface area contributed by atoms with Crippen LogP contribution in [0, 0.1) is 5.92 Å². The number of allylic oxidation sites excluding steroid dienone is 1. The van der Waals surface area contributed by atoms with Crippen molar-refractivity contribution < 1.29 is 32.8 Å². The summed E-state index contributed by atoms with van der Waals surface area (Å²) in [5.74, 6) is -4.70. The first kappa shape index (κ1) is 17.6. The maximum atomic E-state index is 11.5. The molecule has 0 fully saturated rings. The van der Waals surface area contributed by atoms with Gasteiger partial charge in [-0.25, -0.2) is 0 Å². The van der Waals surface area contributed by atoms with Crippen molar-refractivity contribution in [3.63, 3.8) is 0 Å². The summed E-state index contributed by atoms with van der Waals surface area (Å²) in [5, 5.41) is 17.9. The van der Waals surface area contributed by atoms with E-state index in [1.165, 1.54) is 0 Å². The molecular weight excluding hydrogens is 276 g/mol. The quantitative estimate of drug-likeness (QED) is 0.430. The summed E-state index contributed by atoms with van der Waals surface area (Å²) < 4.78 is 29.3. The van der Waals surface area contributed by atoms with Gasteiger partial charge in [-0.05, 0) is 6.42 Å². The molecule has 0 rings (SSSR count). The molecule has 0 saturated heterocycles. The average Bonchev–Trinajstić information content (AvgIpc) is 2.25. The third-order valence-electron chi connectivity index (χ3n) is 2.99. The first-order chi connectivity index (χ1) is 8.63. The standard InChI is InChI=1S/C11H18O7S/c1-3-5-6-8(4-2)11(10(14)15,7-9(12)13)19(16,17)18/h4,8H,2-3,5-7H2,1H3,(H,12,13)(H,14,15)(H,16,17,18). The highest BCUT2D eigenvalue weighted by atomic mass is 32.2. The highest BCUT2D eigenvalue weighted by Crippen LogP contribution is 2.35. The second-order valence-corrected chi connectivity index (χ2v) is 5.90. The average molecular weight is 294 g/mol. The van der Waals surface area contributed by atoms with Crippen molar-refractivity contribution in [2.45, 2.75) is 37.4 Å². The molecule has 3 N–H and O–H groups in total. The fourth-order valence-corrected chi connectivity index (χ4v) is 3.07. The Morgan fingerprint density at radius 3 is 2.16 bits per heavy atom. The molecule has 0 aliphatic carbocycles. The van der Waals surface area contributed by atoms with Crippen LogP contribution < -0.4 is 0 Å². The van der Waals surface area contributed by atoms with Gasteiger partial charge in [-0.1, -0.05) is 25.8 Å². The number of hydrogen-bond acceptors (Lipinski definition) is 4. The Morgan fingerprint density at radius 2 is 1.89 bits per heavy atom. The Labute approximate surface area is 111 Å². The fourth-order valence-electron chi connectivity index (χ4n) is 1.95. The van der Waals surface area contributed by atoms with Crippen molar-refractivity contribution in [2.24, 2.45) is 5.92 Å². The summed E-state index contributed by atoms with van der Waals surface area (Å²) in [7, 11) is -5.11. The molecule has 0 aliphatic heterocycles. The van der Waals surface area contributed by atoms with Gasteiger partial charge in [0.05, 0.1) is 6.42 Å². The van der Waals surface area contributed by atoms with Crippen molar-refractivity contribution >= 4 is 22.1 Å². The molecule has 0 aromatic heterocycles. The zero-order valence-corrected chi connectivity index (χ0v) is 11.4. The van der Waals surface area contributed by atoms with E-state index in [0.29, 0.717) is 12.8 Å². The molecule has 0 saturated carbocycles. The molecule has 0 heterocycles. The third-order valence-corrected chi connectivity index (χ3v) is 4.53. The number of carbonyl (C=O) groups is 2. The lowest BCUT2D eigenvalue weighted by molar-refractivity contribution is -0.148. The van der Waals surface area contributed by atoms with Gasteiger partial charge in [0, 0.05) is 5.92 Å². The van der Waals surface area contributed by atoms with Crippen molar-refractivity contribution in [1.82, 2.24) is 0 Å². The molecule has 0 bridgehead atoms. The molecule has 0 amide bonds. The summed E-state index contributed by atoms with van der Waals surface area (Å²) in [6.45, 7) is 5.16. The summed E-state index contributed by atoms with van der Waals surface area (Å²) in [5.41, 5.74) is 0. The lowest BCUT2D eigenvalue weighted by atomic mass is 9.84. The predicted octanol–water partition coefficient (Wildman–Crippen LogP) is 1.16. The van der Waals surface area contributed by atoms with Crippen LogP contribution in [0.4, 0.5) is 0 Å². The maximum absolute atomic E-state index is 11.5. The summed E-state index contributed by atoms with van der Waals surface area (Å²) in [4.78, 5) is 22.1. The first-order valence-electron chi connectivity index (χ1n) is 5.68. The lowest BCUT2D eigenvalue weighted by Gasteiger charge is -2.31. The summed E-state index contributed by atoms with van der Waals surface area (Å²) in [6.07, 6.45) is 1.11. The van der Waals surface area contributed by atoms with Gasteiger partial charge >= 0.3 is 11.9 Å². The molecule has 0 aromatic rings. The van der Waals surface area contributed by atoms with Crippen molar-refractivity contribution in [3.8, 4) is 0 Å². The van der Waals surface area contributed by atoms with Crippen LogP contribution >= 0.6 is 0 Å². The monoisotopic (exact) mass is 294 g/mol. The van der Waals surface area contributed by atoms with Crippen LogP contribution in [0.25, 0.3) is 0 Å². The Bertz CT molecular complexity index is 454. The van der Waals surface area contributed by atoms with Crippen LogP contribution in [-0.2, 0) is 19.7 Å². The van der Waals surface area contributed by atoms with Crippen LogP contribution in [0.1, 0.15) is 32.6 Å². The maximum Gasteiger partial charge on any atom is 0.328 e. The van der Waals surface area contributed by atoms with E-state index in [9.17, 15) is 22.6 Å². The zero-order chi connectivity index (χ0) is 15.3. The highest BCUT2D eigenvalue weighted by Gasteiger charge is 2.56. The molecule has 2 unspecified atom stereocenters. The number of rotatable bonds is 9. The van der Waals surface area contributed by atoms with Gasteiger partial charge in [0.2, 0.25) is 4.75 Å². The molecule has 0 radical (unpaired) electrons. The van der Waals surface area contributed by atoms with Crippen molar-refractivity contribution in [2.75, 3.05) is 0 Å². The van der Waals surface area contributed by atoms with Crippen LogP contribution in [0.3, 0.4) is 0 Å². The Kier molecular flexibility index (Phi) is 6.17. The van der Waals surface area contributed by atoms with Gasteiger partial charge in [-0.15, -0.1) is 6.58 Å². The van der Waals surface area contributed by atoms with E-state index < -0.39 is 39.1 Å². The van der Waals surface area contributed by atoms with Crippen molar-refractivity contribution in [3.05, 3.63) is 12.7 Å². The second-order valence-electron chi connectivity index (χ2n) is 4.22. The largest absolute Gasteiger partial charge is 0.481 e. The Hall–Kier alpha value is -1.41. The summed E-state index contributed by atoms with van der Waals surface area (Å²) in [6, 6.07) is 0. The molecule has 0 spiro atoms. The van der Waals surface area contributed by atoms with Crippen molar-refractivity contribution in [1.29, 1.82) is 0 Å². The van der Waals surface area contributed by atoms with E-state index in [0.717, 1.165) is 6.08 Å². The fraction of sp³-hybridized carbons (Fsp3) is 0.636. The van der Waals surface area contributed by atoms with E-state index in [-0.39, 0.29) is 6.42 Å². The smallest absolute Gasteiger partial charge is 0.328 e. The minimum atomic E-state index is -5.11. The minimum Gasteiger partial charge on any atom is -0.481 e. The van der Waals surface area contributed by atoms with Gasteiger partial charge in [0.25, 0.3) is 10.1 Å².